The minimum absolute atomic E-state index is 0.660. The largest absolute Gasteiger partial charge is 0.323 e. The van der Waals surface area contributed by atoms with Crippen molar-refractivity contribution in [2.24, 2.45) is 0 Å². The first-order valence-corrected chi connectivity index (χ1v) is 6.23. The quantitative estimate of drug-likeness (QED) is 0.774. The van der Waals surface area contributed by atoms with Crippen molar-refractivity contribution in [3.8, 4) is 0 Å². The summed E-state index contributed by atoms with van der Waals surface area (Å²) in [6.45, 7) is 0.660. The molecule has 0 radical (unpaired) electrons. The first-order valence-electron chi connectivity index (χ1n) is 5.35. The highest BCUT2D eigenvalue weighted by Gasteiger charge is 2.06. The maximum absolute atomic E-state index is 4.24. The average Bonchev–Trinajstić information content (AvgIpc) is 3.04. The van der Waals surface area contributed by atoms with E-state index in [0.717, 1.165) is 10.7 Å². The van der Waals surface area contributed by atoms with E-state index in [2.05, 4.69) is 25.5 Å². The summed E-state index contributed by atoms with van der Waals surface area (Å²) in [7, 11) is 0. The van der Waals surface area contributed by atoms with Crippen LogP contribution in [0.5, 0.6) is 0 Å². The standard InChI is InChI=1S/C11H10N6S/c1-2-9(6-12-3-1)15-11-16-14-8-17(11)7-10-13-4-5-18-10/h1-6,8H,7H2,(H,15,16). The second kappa shape index (κ2) is 4.92. The fourth-order valence-corrected chi connectivity index (χ4v) is 2.12. The third-order valence-corrected chi connectivity index (χ3v) is 3.09. The molecule has 18 heavy (non-hydrogen) atoms. The molecule has 1 N–H and O–H groups in total. The Morgan fingerprint density at radius 3 is 3.11 bits per heavy atom. The Balaban J connectivity index is 1.79. The number of nitrogens with one attached hydrogen (secondary N) is 1. The zero-order valence-electron chi connectivity index (χ0n) is 9.39. The molecule has 0 amide bonds. The summed E-state index contributed by atoms with van der Waals surface area (Å²) in [4.78, 5) is 8.28. The third kappa shape index (κ3) is 2.35. The summed E-state index contributed by atoms with van der Waals surface area (Å²) in [6.07, 6.45) is 6.94. The van der Waals surface area contributed by atoms with Gasteiger partial charge in [-0.3, -0.25) is 9.55 Å². The van der Waals surface area contributed by atoms with Gasteiger partial charge in [-0.2, -0.15) is 0 Å². The lowest BCUT2D eigenvalue weighted by Crippen LogP contribution is -2.04. The molecule has 0 fully saturated rings. The van der Waals surface area contributed by atoms with Crippen LogP contribution in [0.4, 0.5) is 11.6 Å². The molecule has 3 heterocycles. The Labute approximate surface area is 107 Å². The summed E-state index contributed by atoms with van der Waals surface area (Å²) < 4.78 is 1.91. The van der Waals surface area contributed by atoms with Crippen molar-refractivity contribution in [1.82, 2.24) is 24.7 Å². The Morgan fingerprint density at radius 2 is 2.33 bits per heavy atom. The smallest absolute Gasteiger partial charge is 0.229 e. The fourth-order valence-electron chi connectivity index (χ4n) is 1.51. The van der Waals surface area contributed by atoms with Gasteiger partial charge < -0.3 is 5.32 Å². The van der Waals surface area contributed by atoms with Crippen molar-refractivity contribution >= 4 is 23.0 Å². The molecule has 0 aliphatic carbocycles. The van der Waals surface area contributed by atoms with E-state index in [1.165, 1.54) is 0 Å². The highest BCUT2D eigenvalue weighted by molar-refractivity contribution is 7.09. The summed E-state index contributed by atoms with van der Waals surface area (Å²) in [5.74, 6) is 0.679. The zero-order valence-corrected chi connectivity index (χ0v) is 10.2. The van der Waals surface area contributed by atoms with E-state index in [1.54, 1.807) is 36.3 Å². The van der Waals surface area contributed by atoms with Crippen LogP contribution in [0.25, 0.3) is 0 Å². The van der Waals surface area contributed by atoms with Crippen LogP contribution in [-0.4, -0.2) is 24.7 Å². The van der Waals surface area contributed by atoms with Gasteiger partial charge in [0.05, 0.1) is 18.4 Å². The predicted octanol–water partition coefficient (Wildman–Crippen LogP) is 1.92. The molecule has 3 aromatic heterocycles. The molecule has 0 aromatic carbocycles. The molecular weight excluding hydrogens is 248 g/mol. The first kappa shape index (κ1) is 10.8. The van der Waals surface area contributed by atoms with E-state index in [4.69, 9.17) is 0 Å². The molecule has 0 saturated heterocycles. The first-order chi connectivity index (χ1) is 8.92. The predicted molar refractivity (Wildman–Crippen MR) is 68.8 cm³/mol. The summed E-state index contributed by atoms with van der Waals surface area (Å²) in [5, 5.41) is 14.1. The lowest BCUT2D eigenvalue weighted by molar-refractivity contribution is 0.796. The molecule has 0 atom stereocenters. The van der Waals surface area contributed by atoms with Crippen LogP contribution in [0, 0.1) is 0 Å². The van der Waals surface area contributed by atoms with Crippen molar-refractivity contribution in [1.29, 1.82) is 0 Å². The van der Waals surface area contributed by atoms with Gasteiger partial charge in [0.1, 0.15) is 11.3 Å². The molecule has 0 spiro atoms. The molecule has 0 bridgehead atoms. The van der Waals surface area contributed by atoms with Crippen LogP contribution in [-0.2, 0) is 6.54 Å². The number of thiazole rings is 1. The number of hydrogen-bond donors (Lipinski definition) is 1. The number of anilines is 2. The van der Waals surface area contributed by atoms with Crippen molar-refractivity contribution in [2.75, 3.05) is 5.32 Å². The molecule has 3 aromatic rings. The van der Waals surface area contributed by atoms with Gasteiger partial charge in [-0.1, -0.05) is 0 Å². The molecule has 90 valence electrons. The van der Waals surface area contributed by atoms with Crippen molar-refractivity contribution in [3.63, 3.8) is 0 Å². The highest BCUT2D eigenvalue weighted by atomic mass is 32.1. The maximum atomic E-state index is 4.24. The van der Waals surface area contributed by atoms with E-state index in [-0.39, 0.29) is 0 Å². The molecule has 0 saturated carbocycles. The monoisotopic (exact) mass is 258 g/mol. The average molecular weight is 258 g/mol. The summed E-state index contributed by atoms with van der Waals surface area (Å²) >= 11 is 1.61. The molecule has 0 aliphatic heterocycles. The Bertz CT molecular complexity index is 604. The van der Waals surface area contributed by atoms with Crippen LogP contribution in [0.15, 0.2) is 42.4 Å². The molecule has 0 aliphatic rings. The number of pyridine rings is 1. The normalized spacial score (nSPS) is 10.4. The topological polar surface area (TPSA) is 68.5 Å². The second-order valence-electron chi connectivity index (χ2n) is 3.57. The van der Waals surface area contributed by atoms with E-state index in [1.807, 2.05) is 22.1 Å². The Morgan fingerprint density at radius 1 is 1.33 bits per heavy atom. The van der Waals surface area contributed by atoms with E-state index >= 15 is 0 Å². The lowest BCUT2D eigenvalue weighted by Gasteiger charge is -2.06. The third-order valence-electron chi connectivity index (χ3n) is 2.32. The Kier molecular flexibility index (Phi) is 2.97. The number of aromatic nitrogens is 5. The molecule has 3 rings (SSSR count). The maximum Gasteiger partial charge on any atom is 0.229 e. The highest BCUT2D eigenvalue weighted by Crippen LogP contribution is 2.14. The van der Waals surface area contributed by atoms with Crippen LogP contribution >= 0.6 is 11.3 Å². The Hall–Kier alpha value is -2.28. The van der Waals surface area contributed by atoms with E-state index in [9.17, 15) is 0 Å². The van der Waals surface area contributed by atoms with Gasteiger partial charge in [0.25, 0.3) is 0 Å². The van der Waals surface area contributed by atoms with Crippen molar-refractivity contribution < 1.29 is 0 Å². The fraction of sp³-hybridized carbons (Fsp3) is 0.0909. The van der Waals surface area contributed by atoms with Gasteiger partial charge in [0.2, 0.25) is 5.95 Å². The van der Waals surface area contributed by atoms with Gasteiger partial charge in [0.15, 0.2) is 0 Å². The van der Waals surface area contributed by atoms with Crippen LogP contribution in [0.2, 0.25) is 0 Å². The zero-order chi connectivity index (χ0) is 12.2. The van der Waals surface area contributed by atoms with Gasteiger partial charge >= 0.3 is 0 Å². The van der Waals surface area contributed by atoms with Gasteiger partial charge in [0, 0.05) is 17.8 Å². The number of nitrogens with zero attached hydrogens (tertiary/aromatic N) is 5. The molecular formula is C11H10N6S. The minimum atomic E-state index is 0.660. The van der Waals surface area contributed by atoms with Crippen LogP contribution < -0.4 is 5.32 Å². The lowest BCUT2D eigenvalue weighted by atomic mass is 10.4. The molecule has 0 unspecified atom stereocenters. The summed E-state index contributed by atoms with van der Waals surface area (Å²) in [5.41, 5.74) is 0.880. The van der Waals surface area contributed by atoms with Gasteiger partial charge in [-0.25, -0.2) is 4.98 Å². The van der Waals surface area contributed by atoms with E-state index in [0.29, 0.717) is 12.5 Å². The van der Waals surface area contributed by atoms with E-state index < -0.39 is 0 Å². The van der Waals surface area contributed by atoms with Crippen molar-refractivity contribution in [2.45, 2.75) is 6.54 Å². The van der Waals surface area contributed by atoms with Gasteiger partial charge in [-0.15, -0.1) is 21.5 Å². The van der Waals surface area contributed by atoms with Crippen molar-refractivity contribution in [3.05, 3.63) is 47.4 Å². The van der Waals surface area contributed by atoms with Crippen LogP contribution in [0.1, 0.15) is 5.01 Å². The second-order valence-corrected chi connectivity index (χ2v) is 4.55. The number of rotatable bonds is 4. The van der Waals surface area contributed by atoms with Gasteiger partial charge in [-0.05, 0) is 12.1 Å². The molecule has 7 heteroatoms. The summed E-state index contributed by atoms with van der Waals surface area (Å²) in [6, 6.07) is 3.79. The minimum Gasteiger partial charge on any atom is -0.323 e. The molecule has 6 nitrogen and oxygen atoms in total. The number of hydrogen-bond acceptors (Lipinski definition) is 6. The van der Waals surface area contributed by atoms with Crippen LogP contribution in [0.3, 0.4) is 0 Å². The SMILES string of the molecule is c1cncc(Nc2nncn2Cc2nccs2)c1.